The summed E-state index contributed by atoms with van der Waals surface area (Å²) in [7, 11) is 0. The maximum absolute atomic E-state index is 4.75. The van der Waals surface area contributed by atoms with E-state index in [9.17, 15) is 0 Å². The minimum Gasteiger partial charge on any atom is -0.253 e. The fourth-order valence-electron chi connectivity index (χ4n) is 2.65. The SMILES string of the molecule is C=C(CCCC)N=C1C=CC(c2cccc(C)c2)=CC1=C(C)C.CCCC.CCCC. The van der Waals surface area contributed by atoms with Crippen LogP contribution in [-0.2, 0) is 0 Å². The van der Waals surface area contributed by atoms with Gasteiger partial charge >= 0.3 is 0 Å². The molecule has 0 heterocycles. The summed E-state index contributed by atoms with van der Waals surface area (Å²) in [6.07, 6.45) is 15.1. The van der Waals surface area contributed by atoms with Gasteiger partial charge in [-0.05, 0) is 62.5 Å². The Kier molecular flexibility index (Phi) is 16.3. The number of hydrogen-bond donors (Lipinski definition) is 0. The van der Waals surface area contributed by atoms with Gasteiger partial charge in [-0.25, -0.2) is 0 Å². The molecule has 172 valence electrons. The van der Waals surface area contributed by atoms with E-state index in [0.717, 1.165) is 24.3 Å². The lowest BCUT2D eigenvalue weighted by Crippen LogP contribution is -2.05. The molecule has 0 aromatic heterocycles. The fourth-order valence-corrected chi connectivity index (χ4v) is 2.65. The quantitative estimate of drug-likeness (QED) is 0.415. The van der Waals surface area contributed by atoms with Crippen molar-refractivity contribution >= 4 is 11.3 Å². The molecule has 0 spiro atoms. The van der Waals surface area contributed by atoms with Gasteiger partial charge in [-0.3, -0.25) is 4.99 Å². The first kappa shape index (κ1) is 28.9. The molecule has 0 saturated carbocycles. The summed E-state index contributed by atoms with van der Waals surface area (Å²) in [5.74, 6) is 0. The van der Waals surface area contributed by atoms with Crippen LogP contribution in [-0.4, -0.2) is 5.71 Å². The molecule has 0 atom stereocenters. The smallest absolute Gasteiger partial charge is 0.0704 e. The second-order valence-electron chi connectivity index (χ2n) is 8.38. The molecule has 0 N–H and O–H groups in total. The molecular formula is C30H47N. The molecule has 1 heteroatoms. The molecule has 0 unspecified atom stereocenters. The Hall–Kier alpha value is -2.15. The van der Waals surface area contributed by atoms with Crippen LogP contribution in [0, 0.1) is 6.92 Å². The lowest BCUT2D eigenvalue weighted by atomic mass is 9.92. The predicted molar refractivity (Wildman–Crippen MR) is 144 cm³/mol. The zero-order valence-corrected chi connectivity index (χ0v) is 21.6. The van der Waals surface area contributed by atoms with Crippen LogP contribution in [0.25, 0.3) is 5.57 Å². The second kappa shape index (κ2) is 17.5. The number of unbranched alkanes of at least 4 members (excludes halogenated alkanes) is 3. The van der Waals surface area contributed by atoms with E-state index < -0.39 is 0 Å². The first-order chi connectivity index (χ1) is 14.8. The van der Waals surface area contributed by atoms with Crippen LogP contribution < -0.4 is 0 Å². The summed E-state index contributed by atoms with van der Waals surface area (Å²) in [5.41, 5.74) is 8.26. The Morgan fingerprint density at radius 1 is 0.871 bits per heavy atom. The third-order valence-electron chi connectivity index (χ3n) is 4.98. The number of hydrogen-bond acceptors (Lipinski definition) is 1. The van der Waals surface area contributed by atoms with Crippen molar-refractivity contribution < 1.29 is 0 Å². The van der Waals surface area contributed by atoms with Crippen LogP contribution in [0.5, 0.6) is 0 Å². The van der Waals surface area contributed by atoms with E-state index in [2.05, 4.69) is 104 Å². The Labute approximate surface area is 193 Å². The maximum Gasteiger partial charge on any atom is 0.0704 e. The number of aliphatic imine (C=N–C) groups is 1. The molecule has 2 rings (SSSR count). The molecule has 1 aliphatic carbocycles. The van der Waals surface area contributed by atoms with Crippen molar-refractivity contribution in [1.29, 1.82) is 0 Å². The summed E-state index contributed by atoms with van der Waals surface area (Å²) in [6, 6.07) is 8.62. The van der Waals surface area contributed by atoms with E-state index in [-0.39, 0.29) is 0 Å². The maximum atomic E-state index is 4.75. The van der Waals surface area contributed by atoms with Crippen LogP contribution in [0.1, 0.15) is 105 Å². The first-order valence-corrected chi connectivity index (χ1v) is 12.2. The van der Waals surface area contributed by atoms with Gasteiger partial charge in [-0.15, -0.1) is 0 Å². The number of allylic oxidation sites excluding steroid dienone is 7. The van der Waals surface area contributed by atoms with Crippen molar-refractivity contribution in [2.24, 2.45) is 4.99 Å². The van der Waals surface area contributed by atoms with Gasteiger partial charge in [0.1, 0.15) is 0 Å². The van der Waals surface area contributed by atoms with Crippen LogP contribution in [0.15, 0.2) is 70.9 Å². The van der Waals surface area contributed by atoms with E-state index in [0.29, 0.717) is 0 Å². The van der Waals surface area contributed by atoms with E-state index in [1.807, 2.05) is 0 Å². The number of nitrogens with zero attached hydrogens (tertiary/aromatic N) is 1. The van der Waals surface area contributed by atoms with E-state index in [1.165, 1.54) is 60.0 Å². The zero-order valence-electron chi connectivity index (χ0n) is 21.6. The molecule has 1 aromatic carbocycles. The average Bonchev–Trinajstić information content (AvgIpc) is 2.78. The summed E-state index contributed by atoms with van der Waals surface area (Å²) in [5, 5.41) is 0. The Balaban J connectivity index is 0.000000967. The minimum atomic E-state index is 0.970. The zero-order chi connectivity index (χ0) is 23.6. The van der Waals surface area contributed by atoms with Gasteiger partial charge in [0.2, 0.25) is 0 Å². The fraction of sp³-hybridized carbons (Fsp3) is 0.500. The average molecular weight is 422 g/mol. The number of aryl methyl sites for hydroxylation is 1. The summed E-state index contributed by atoms with van der Waals surface area (Å²) < 4.78 is 0. The molecular weight excluding hydrogens is 374 g/mol. The van der Waals surface area contributed by atoms with Crippen LogP contribution in [0.2, 0.25) is 0 Å². The second-order valence-corrected chi connectivity index (χ2v) is 8.38. The molecule has 0 radical (unpaired) electrons. The molecule has 0 saturated heterocycles. The molecule has 0 amide bonds. The lowest BCUT2D eigenvalue weighted by molar-refractivity contribution is 0.784. The van der Waals surface area contributed by atoms with Crippen LogP contribution in [0.4, 0.5) is 0 Å². The largest absolute Gasteiger partial charge is 0.253 e. The van der Waals surface area contributed by atoms with Gasteiger partial charge in [0, 0.05) is 5.70 Å². The van der Waals surface area contributed by atoms with Crippen molar-refractivity contribution in [3.05, 3.63) is 77.0 Å². The number of rotatable bonds is 7. The standard InChI is InChI=1S/C22H27N.2C4H10/c1-6-7-10-18(5)23-22-13-12-20(15-21(22)16(2)3)19-11-8-9-17(4)14-19;2*1-3-4-2/h8-9,11-15H,5-7,10H2,1-4H3;2*3-4H2,1-2H3. The molecule has 31 heavy (non-hydrogen) atoms. The first-order valence-electron chi connectivity index (χ1n) is 12.2. The summed E-state index contributed by atoms with van der Waals surface area (Å²) in [4.78, 5) is 4.75. The topological polar surface area (TPSA) is 12.4 Å². The van der Waals surface area contributed by atoms with Crippen molar-refractivity contribution in [2.75, 3.05) is 0 Å². The van der Waals surface area contributed by atoms with Gasteiger partial charge in [0.15, 0.2) is 0 Å². The number of benzene rings is 1. The molecule has 0 fully saturated rings. The summed E-state index contributed by atoms with van der Waals surface area (Å²) in [6.45, 7) is 21.4. The Morgan fingerprint density at radius 3 is 1.97 bits per heavy atom. The molecule has 1 aromatic rings. The van der Waals surface area contributed by atoms with E-state index in [4.69, 9.17) is 4.99 Å². The predicted octanol–water partition coefficient (Wildman–Crippen LogP) is 10.0. The highest BCUT2D eigenvalue weighted by atomic mass is 14.8. The molecule has 0 bridgehead atoms. The van der Waals surface area contributed by atoms with Gasteiger partial charge in [-0.2, -0.15) is 0 Å². The lowest BCUT2D eigenvalue weighted by Gasteiger charge is -2.15. The van der Waals surface area contributed by atoms with Crippen molar-refractivity contribution in [2.45, 2.75) is 100 Å². The van der Waals surface area contributed by atoms with Gasteiger partial charge in [0.05, 0.1) is 5.71 Å². The normalized spacial score (nSPS) is 13.6. The molecule has 1 aliphatic rings. The van der Waals surface area contributed by atoms with Crippen molar-refractivity contribution in [3.8, 4) is 0 Å². The van der Waals surface area contributed by atoms with E-state index >= 15 is 0 Å². The molecule has 0 aliphatic heterocycles. The van der Waals surface area contributed by atoms with Gasteiger partial charge < -0.3 is 0 Å². The molecule has 1 nitrogen and oxygen atoms in total. The Morgan fingerprint density at radius 2 is 1.48 bits per heavy atom. The third kappa shape index (κ3) is 12.3. The van der Waals surface area contributed by atoms with Gasteiger partial charge in [-0.1, -0.05) is 115 Å². The highest BCUT2D eigenvalue weighted by molar-refractivity contribution is 6.15. The highest BCUT2D eigenvalue weighted by Gasteiger charge is 2.12. The summed E-state index contributed by atoms with van der Waals surface area (Å²) >= 11 is 0. The van der Waals surface area contributed by atoms with Crippen molar-refractivity contribution in [3.63, 3.8) is 0 Å². The third-order valence-corrected chi connectivity index (χ3v) is 4.98. The van der Waals surface area contributed by atoms with Gasteiger partial charge in [0.25, 0.3) is 0 Å². The monoisotopic (exact) mass is 421 g/mol. The van der Waals surface area contributed by atoms with E-state index in [1.54, 1.807) is 0 Å². The van der Waals surface area contributed by atoms with Crippen LogP contribution in [0.3, 0.4) is 0 Å². The minimum absolute atomic E-state index is 0.970. The highest BCUT2D eigenvalue weighted by Crippen LogP contribution is 2.26. The Bertz CT molecular complexity index is 759. The van der Waals surface area contributed by atoms with Crippen LogP contribution >= 0.6 is 0 Å². The van der Waals surface area contributed by atoms with Crippen molar-refractivity contribution in [1.82, 2.24) is 0 Å².